The molecular formula is C12H15ClN2O4S. The maximum Gasteiger partial charge on any atom is 0.306 e. The van der Waals surface area contributed by atoms with Gasteiger partial charge in [0, 0.05) is 30.2 Å². The van der Waals surface area contributed by atoms with Crippen LogP contribution in [0, 0.1) is 10.1 Å². The smallest absolute Gasteiger partial charge is 0.306 e. The molecule has 0 saturated heterocycles. The normalized spacial score (nSPS) is 10.1. The van der Waals surface area contributed by atoms with Gasteiger partial charge in [0.2, 0.25) is 0 Å². The number of benzene rings is 1. The third-order valence-corrected chi connectivity index (χ3v) is 3.70. The monoisotopic (exact) mass is 318 g/mol. The van der Waals surface area contributed by atoms with Crippen LogP contribution in [0.4, 0.5) is 11.4 Å². The van der Waals surface area contributed by atoms with Gasteiger partial charge in [-0.25, -0.2) is 0 Å². The lowest BCUT2D eigenvalue weighted by Gasteiger charge is -2.07. The molecule has 110 valence electrons. The number of carbonyl (C=O) groups is 1. The molecular weight excluding hydrogens is 304 g/mol. The van der Waals surface area contributed by atoms with Gasteiger partial charge in [-0.2, -0.15) is 11.8 Å². The first-order valence-electron chi connectivity index (χ1n) is 5.87. The highest BCUT2D eigenvalue weighted by Crippen LogP contribution is 2.26. The lowest BCUT2D eigenvalue weighted by molar-refractivity contribution is -0.384. The molecule has 1 aromatic rings. The number of nitro groups is 1. The van der Waals surface area contributed by atoms with E-state index >= 15 is 0 Å². The standard InChI is InChI=1S/C12H15ClN2O4S/c1-19-12(16)4-6-20-7-5-14-11-3-2-9(15(17)18)8-10(11)13/h2-3,8,14H,4-7H2,1H3. The summed E-state index contributed by atoms with van der Waals surface area (Å²) in [4.78, 5) is 20.9. The van der Waals surface area contributed by atoms with Crippen molar-refractivity contribution in [3.05, 3.63) is 33.3 Å². The molecule has 1 aromatic carbocycles. The summed E-state index contributed by atoms with van der Waals surface area (Å²) in [6, 6.07) is 4.30. The van der Waals surface area contributed by atoms with Gasteiger partial charge >= 0.3 is 5.97 Å². The molecule has 0 heterocycles. The molecule has 0 aliphatic heterocycles. The van der Waals surface area contributed by atoms with Crippen molar-refractivity contribution in [1.82, 2.24) is 0 Å². The predicted octanol–water partition coefficient (Wildman–Crippen LogP) is 2.96. The number of halogens is 1. The van der Waals surface area contributed by atoms with E-state index in [0.717, 1.165) is 5.75 Å². The highest BCUT2D eigenvalue weighted by molar-refractivity contribution is 7.99. The summed E-state index contributed by atoms with van der Waals surface area (Å²) in [5, 5.41) is 14.0. The molecule has 0 saturated carbocycles. The van der Waals surface area contributed by atoms with Gasteiger partial charge < -0.3 is 10.1 Å². The number of methoxy groups -OCH3 is 1. The van der Waals surface area contributed by atoms with Gasteiger partial charge in [0.25, 0.3) is 5.69 Å². The van der Waals surface area contributed by atoms with Gasteiger partial charge in [-0.15, -0.1) is 0 Å². The number of hydrogen-bond acceptors (Lipinski definition) is 6. The van der Waals surface area contributed by atoms with E-state index < -0.39 is 4.92 Å². The van der Waals surface area contributed by atoms with E-state index in [0.29, 0.717) is 29.4 Å². The van der Waals surface area contributed by atoms with Crippen LogP contribution in [0.3, 0.4) is 0 Å². The number of thioether (sulfide) groups is 1. The fourth-order valence-electron chi connectivity index (χ4n) is 1.38. The molecule has 1 rings (SSSR count). The van der Waals surface area contributed by atoms with Gasteiger partial charge in [0.05, 0.1) is 29.2 Å². The second-order valence-electron chi connectivity index (χ2n) is 3.79. The zero-order chi connectivity index (χ0) is 15.0. The minimum absolute atomic E-state index is 0.0343. The van der Waals surface area contributed by atoms with E-state index in [4.69, 9.17) is 11.6 Å². The Morgan fingerprint density at radius 2 is 2.25 bits per heavy atom. The summed E-state index contributed by atoms with van der Waals surface area (Å²) in [5.74, 6) is 1.27. The number of nitro benzene ring substituents is 1. The number of non-ortho nitro benzene ring substituents is 1. The lowest BCUT2D eigenvalue weighted by atomic mass is 10.3. The average molecular weight is 319 g/mol. The number of carbonyl (C=O) groups excluding carboxylic acids is 1. The summed E-state index contributed by atoms with van der Waals surface area (Å²) in [6.07, 6.45) is 0.388. The first-order chi connectivity index (χ1) is 9.54. The van der Waals surface area contributed by atoms with Crippen LogP contribution < -0.4 is 5.32 Å². The fourth-order valence-corrected chi connectivity index (χ4v) is 2.38. The number of hydrogen-bond donors (Lipinski definition) is 1. The number of nitrogens with zero attached hydrogens (tertiary/aromatic N) is 1. The predicted molar refractivity (Wildman–Crippen MR) is 80.6 cm³/mol. The molecule has 6 nitrogen and oxygen atoms in total. The van der Waals surface area contributed by atoms with Crippen LogP contribution >= 0.6 is 23.4 Å². The van der Waals surface area contributed by atoms with Gasteiger partial charge in [-0.3, -0.25) is 14.9 Å². The second kappa shape index (κ2) is 8.65. The number of nitrogens with one attached hydrogen (secondary N) is 1. The van der Waals surface area contributed by atoms with Crippen molar-refractivity contribution >= 4 is 40.7 Å². The topological polar surface area (TPSA) is 81.5 Å². The van der Waals surface area contributed by atoms with Crippen molar-refractivity contribution in [2.24, 2.45) is 0 Å². The Labute approximate surface area is 126 Å². The van der Waals surface area contributed by atoms with Crippen LogP contribution in [0.2, 0.25) is 5.02 Å². The van der Waals surface area contributed by atoms with Crippen molar-refractivity contribution in [3.8, 4) is 0 Å². The zero-order valence-corrected chi connectivity index (χ0v) is 12.5. The number of esters is 1. The van der Waals surface area contributed by atoms with E-state index in [1.807, 2.05) is 0 Å². The molecule has 0 aliphatic rings. The fraction of sp³-hybridized carbons (Fsp3) is 0.417. The maximum absolute atomic E-state index is 10.9. The summed E-state index contributed by atoms with van der Waals surface area (Å²) < 4.78 is 4.53. The third kappa shape index (κ3) is 5.66. The minimum atomic E-state index is -0.488. The van der Waals surface area contributed by atoms with Gasteiger partial charge in [0.1, 0.15) is 0 Å². The van der Waals surface area contributed by atoms with Crippen LogP contribution in [0.15, 0.2) is 18.2 Å². The highest BCUT2D eigenvalue weighted by Gasteiger charge is 2.08. The minimum Gasteiger partial charge on any atom is -0.469 e. The number of anilines is 1. The molecule has 0 amide bonds. The molecule has 20 heavy (non-hydrogen) atoms. The van der Waals surface area contributed by atoms with Crippen LogP contribution in [0.1, 0.15) is 6.42 Å². The Bertz CT molecular complexity index is 485. The molecule has 0 aliphatic carbocycles. The molecule has 0 bridgehead atoms. The van der Waals surface area contributed by atoms with Crippen LogP contribution in [0.25, 0.3) is 0 Å². The van der Waals surface area contributed by atoms with Crippen LogP contribution in [0.5, 0.6) is 0 Å². The van der Waals surface area contributed by atoms with E-state index in [2.05, 4.69) is 10.1 Å². The molecule has 8 heteroatoms. The molecule has 0 unspecified atom stereocenters. The Kier molecular flexibility index (Phi) is 7.17. The van der Waals surface area contributed by atoms with Gasteiger partial charge in [0.15, 0.2) is 0 Å². The second-order valence-corrected chi connectivity index (χ2v) is 5.42. The molecule has 0 radical (unpaired) electrons. The third-order valence-electron chi connectivity index (χ3n) is 2.40. The van der Waals surface area contributed by atoms with Gasteiger partial charge in [-0.1, -0.05) is 11.6 Å². The summed E-state index contributed by atoms with van der Waals surface area (Å²) >= 11 is 7.55. The Balaban J connectivity index is 2.29. The largest absolute Gasteiger partial charge is 0.469 e. The summed E-state index contributed by atoms with van der Waals surface area (Å²) in [6.45, 7) is 0.656. The average Bonchev–Trinajstić information content (AvgIpc) is 2.43. The number of rotatable bonds is 8. The van der Waals surface area contributed by atoms with Crippen molar-refractivity contribution < 1.29 is 14.5 Å². The SMILES string of the molecule is COC(=O)CCSCCNc1ccc([N+](=O)[O-])cc1Cl. The van der Waals surface area contributed by atoms with Crippen molar-refractivity contribution in [2.75, 3.05) is 30.5 Å². The van der Waals surface area contributed by atoms with Crippen molar-refractivity contribution in [2.45, 2.75) is 6.42 Å². The Hall–Kier alpha value is -1.47. The van der Waals surface area contributed by atoms with Crippen molar-refractivity contribution in [3.63, 3.8) is 0 Å². The van der Waals surface area contributed by atoms with E-state index in [9.17, 15) is 14.9 Å². The van der Waals surface area contributed by atoms with Crippen LogP contribution in [-0.4, -0.2) is 36.1 Å². The number of ether oxygens (including phenoxy) is 1. The maximum atomic E-state index is 10.9. The van der Waals surface area contributed by atoms with E-state index in [1.165, 1.54) is 19.2 Å². The summed E-state index contributed by atoms with van der Waals surface area (Å²) in [5.41, 5.74) is 0.624. The molecule has 0 atom stereocenters. The molecule has 1 N–H and O–H groups in total. The quantitative estimate of drug-likeness (QED) is 0.343. The van der Waals surface area contributed by atoms with Gasteiger partial charge in [-0.05, 0) is 6.07 Å². The zero-order valence-electron chi connectivity index (χ0n) is 10.9. The summed E-state index contributed by atoms with van der Waals surface area (Å²) in [7, 11) is 1.37. The first-order valence-corrected chi connectivity index (χ1v) is 7.40. The highest BCUT2D eigenvalue weighted by atomic mass is 35.5. The van der Waals surface area contributed by atoms with Crippen molar-refractivity contribution in [1.29, 1.82) is 0 Å². The molecule has 0 fully saturated rings. The lowest BCUT2D eigenvalue weighted by Crippen LogP contribution is -2.06. The van der Waals surface area contributed by atoms with Crippen LogP contribution in [-0.2, 0) is 9.53 Å². The Morgan fingerprint density at radius 1 is 1.50 bits per heavy atom. The molecule has 0 aromatic heterocycles. The first kappa shape index (κ1) is 16.6. The van der Waals surface area contributed by atoms with E-state index in [1.54, 1.807) is 17.8 Å². The molecule has 0 spiro atoms. The van der Waals surface area contributed by atoms with E-state index in [-0.39, 0.29) is 11.7 Å². The Morgan fingerprint density at radius 3 is 2.85 bits per heavy atom.